The summed E-state index contributed by atoms with van der Waals surface area (Å²) >= 11 is 0. The van der Waals surface area contributed by atoms with E-state index in [4.69, 9.17) is 0 Å². The van der Waals surface area contributed by atoms with Crippen molar-refractivity contribution in [2.75, 3.05) is 6.54 Å². The second-order valence-electron chi connectivity index (χ2n) is 6.45. The molecule has 0 spiro atoms. The number of halogens is 3. The van der Waals surface area contributed by atoms with Crippen molar-refractivity contribution >= 4 is 11.8 Å². The first-order chi connectivity index (χ1) is 13.2. The molecule has 2 N–H and O–H groups in total. The van der Waals surface area contributed by atoms with Gasteiger partial charge in [0.15, 0.2) is 0 Å². The minimum atomic E-state index is -4.72. The molecule has 1 atom stereocenters. The number of nitrogens with zero attached hydrogens (tertiary/aromatic N) is 1. The Hall–Kier alpha value is -3.10. The molecule has 0 unspecified atom stereocenters. The Kier molecular flexibility index (Phi) is 5.26. The molecule has 6 nitrogen and oxygen atoms in total. The second kappa shape index (κ2) is 7.49. The molecule has 1 aliphatic rings. The van der Waals surface area contributed by atoms with Gasteiger partial charge < -0.3 is 15.2 Å². The summed E-state index contributed by atoms with van der Waals surface area (Å²) in [6.07, 6.45) is -3.98. The van der Waals surface area contributed by atoms with E-state index in [1.165, 1.54) is 0 Å². The number of alkyl halides is 3. The van der Waals surface area contributed by atoms with Crippen molar-refractivity contribution in [3.63, 3.8) is 0 Å². The molecule has 2 heterocycles. The average molecular weight is 393 g/mol. The van der Waals surface area contributed by atoms with Crippen molar-refractivity contribution < 1.29 is 22.8 Å². The molecule has 2 amide bonds. The van der Waals surface area contributed by atoms with Crippen LogP contribution in [0, 0.1) is 0 Å². The largest absolute Gasteiger partial charge is 0.417 e. The third-order valence-electron chi connectivity index (χ3n) is 4.62. The number of pyridine rings is 1. The van der Waals surface area contributed by atoms with Gasteiger partial charge in [0.2, 0.25) is 5.91 Å². The van der Waals surface area contributed by atoms with Crippen LogP contribution in [0.15, 0.2) is 41.3 Å². The number of carbonyl (C=O) groups is 2. The Morgan fingerprint density at radius 1 is 1.25 bits per heavy atom. The quantitative estimate of drug-likeness (QED) is 0.838. The van der Waals surface area contributed by atoms with Crippen LogP contribution in [0.3, 0.4) is 0 Å². The molecular weight excluding hydrogens is 375 g/mol. The summed E-state index contributed by atoms with van der Waals surface area (Å²) in [5, 5.41) is 2.63. The highest BCUT2D eigenvalue weighted by Crippen LogP contribution is 2.29. The zero-order chi connectivity index (χ0) is 20.5. The highest BCUT2D eigenvalue weighted by Gasteiger charge is 2.37. The Labute approximate surface area is 158 Å². The molecule has 28 heavy (non-hydrogen) atoms. The first kappa shape index (κ1) is 19.7. The normalized spacial score (nSPS) is 16.4. The standard InChI is InChI=1S/C19H18F3N3O3/c1-2-23-17(27)15-7-11-5-3-4-6-12(11)10-25(15)18(28)14-8-13(19(20,21)22)9-24-16(14)26/h3-6,8-9,15H,2,7,10H2,1H3,(H,23,27)(H,24,26)/t15-/m1/s1. The van der Waals surface area contributed by atoms with Gasteiger partial charge in [0.25, 0.3) is 11.5 Å². The Balaban J connectivity index is 2.03. The zero-order valence-corrected chi connectivity index (χ0v) is 15.0. The van der Waals surface area contributed by atoms with Crippen LogP contribution < -0.4 is 10.9 Å². The molecule has 0 saturated carbocycles. The van der Waals surface area contributed by atoms with E-state index in [0.717, 1.165) is 16.0 Å². The number of hydrogen-bond acceptors (Lipinski definition) is 3. The molecule has 1 aromatic carbocycles. The van der Waals surface area contributed by atoms with Gasteiger partial charge in [0.1, 0.15) is 11.6 Å². The monoisotopic (exact) mass is 393 g/mol. The number of amides is 2. The van der Waals surface area contributed by atoms with Crippen LogP contribution in [-0.4, -0.2) is 34.3 Å². The van der Waals surface area contributed by atoms with E-state index < -0.39 is 40.7 Å². The van der Waals surface area contributed by atoms with Crippen LogP contribution in [0.25, 0.3) is 0 Å². The molecule has 0 saturated heterocycles. The molecular formula is C19H18F3N3O3. The van der Waals surface area contributed by atoms with E-state index in [0.29, 0.717) is 18.8 Å². The number of carbonyl (C=O) groups excluding carboxylic acids is 2. The van der Waals surface area contributed by atoms with E-state index in [1.807, 2.05) is 17.1 Å². The van der Waals surface area contributed by atoms with Crippen molar-refractivity contribution in [1.29, 1.82) is 0 Å². The van der Waals surface area contributed by atoms with Gasteiger partial charge in [-0.1, -0.05) is 24.3 Å². The van der Waals surface area contributed by atoms with E-state index in [1.54, 1.807) is 19.1 Å². The Bertz CT molecular complexity index is 969. The van der Waals surface area contributed by atoms with Gasteiger partial charge in [0, 0.05) is 25.7 Å². The second-order valence-corrected chi connectivity index (χ2v) is 6.45. The number of aromatic nitrogens is 1. The lowest BCUT2D eigenvalue weighted by Crippen LogP contribution is -2.53. The Morgan fingerprint density at radius 3 is 2.57 bits per heavy atom. The zero-order valence-electron chi connectivity index (χ0n) is 15.0. The summed E-state index contributed by atoms with van der Waals surface area (Å²) in [6.45, 7) is 2.08. The molecule has 1 aromatic heterocycles. The van der Waals surface area contributed by atoms with Crippen LogP contribution in [0.4, 0.5) is 13.2 Å². The van der Waals surface area contributed by atoms with Gasteiger partial charge in [-0.25, -0.2) is 0 Å². The molecule has 0 fully saturated rings. The predicted octanol–water partition coefficient (Wildman–Crippen LogP) is 2.10. The minimum absolute atomic E-state index is 0.0203. The molecule has 0 bridgehead atoms. The van der Waals surface area contributed by atoms with E-state index in [-0.39, 0.29) is 13.0 Å². The van der Waals surface area contributed by atoms with Crippen molar-refractivity contribution in [1.82, 2.24) is 15.2 Å². The smallest absolute Gasteiger partial charge is 0.355 e. The van der Waals surface area contributed by atoms with Crippen LogP contribution in [0.1, 0.15) is 34.0 Å². The lowest BCUT2D eigenvalue weighted by molar-refractivity contribution is -0.138. The van der Waals surface area contributed by atoms with Gasteiger partial charge in [-0.15, -0.1) is 0 Å². The molecule has 148 valence electrons. The molecule has 3 rings (SSSR count). The first-order valence-corrected chi connectivity index (χ1v) is 8.67. The maximum Gasteiger partial charge on any atom is 0.417 e. The number of nitrogens with one attached hydrogen (secondary N) is 2. The third kappa shape index (κ3) is 3.78. The maximum absolute atomic E-state index is 13.0. The van der Waals surface area contributed by atoms with Gasteiger partial charge >= 0.3 is 6.18 Å². The van der Waals surface area contributed by atoms with Gasteiger partial charge in [0.05, 0.1) is 5.56 Å². The lowest BCUT2D eigenvalue weighted by Gasteiger charge is -2.36. The first-order valence-electron chi connectivity index (χ1n) is 8.67. The fourth-order valence-electron chi connectivity index (χ4n) is 3.22. The number of hydrogen-bond donors (Lipinski definition) is 2. The minimum Gasteiger partial charge on any atom is -0.355 e. The summed E-state index contributed by atoms with van der Waals surface area (Å²) in [7, 11) is 0. The summed E-state index contributed by atoms with van der Waals surface area (Å²) in [4.78, 5) is 40.7. The lowest BCUT2D eigenvalue weighted by atomic mass is 9.92. The number of likely N-dealkylation sites (N-methyl/N-ethyl adjacent to an activating group) is 1. The van der Waals surface area contributed by atoms with Gasteiger partial charge in [-0.3, -0.25) is 14.4 Å². The van der Waals surface area contributed by atoms with Crippen LogP contribution >= 0.6 is 0 Å². The maximum atomic E-state index is 13.0. The third-order valence-corrected chi connectivity index (χ3v) is 4.62. The average Bonchev–Trinajstić information content (AvgIpc) is 2.66. The number of aromatic amines is 1. The van der Waals surface area contributed by atoms with Crippen molar-refractivity contribution in [2.24, 2.45) is 0 Å². The fourth-order valence-corrected chi connectivity index (χ4v) is 3.22. The summed E-state index contributed by atoms with van der Waals surface area (Å²) < 4.78 is 39.0. The summed E-state index contributed by atoms with van der Waals surface area (Å²) in [5.74, 6) is -1.34. The summed E-state index contributed by atoms with van der Waals surface area (Å²) in [5.41, 5.74) is -1.07. The molecule has 0 aliphatic carbocycles. The molecule has 1 aliphatic heterocycles. The van der Waals surface area contributed by atoms with Crippen LogP contribution in [-0.2, 0) is 23.9 Å². The van der Waals surface area contributed by atoms with Crippen molar-refractivity contribution in [3.05, 3.63) is 69.1 Å². The van der Waals surface area contributed by atoms with Gasteiger partial charge in [-0.05, 0) is 24.1 Å². The van der Waals surface area contributed by atoms with E-state index in [2.05, 4.69) is 5.32 Å². The van der Waals surface area contributed by atoms with Crippen molar-refractivity contribution in [3.8, 4) is 0 Å². The summed E-state index contributed by atoms with van der Waals surface area (Å²) in [6, 6.07) is 6.79. The number of benzene rings is 1. The van der Waals surface area contributed by atoms with Crippen LogP contribution in [0.2, 0.25) is 0 Å². The predicted molar refractivity (Wildman–Crippen MR) is 94.6 cm³/mol. The van der Waals surface area contributed by atoms with E-state index in [9.17, 15) is 27.6 Å². The van der Waals surface area contributed by atoms with Gasteiger partial charge in [-0.2, -0.15) is 13.2 Å². The van der Waals surface area contributed by atoms with E-state index >= 15 is 0 Å². The number of H-pyrrole nitrogens is 1. The van der Waals surface area contributed by atoms with Crippen LogP contribution in [0.5, 0.6) is 0 Å². The molecule has 2 aromatic rings. The number of fused-ring (bicyclic) bond motifs is 1. The Morgan fingerprint density at radius 2 is 1.93 bits per heavy atom. The topological polar surface area (TPSA) is 82.3 Å². The fraction of sp³-hybridized carbons (Fsp3) is 0.316. The number of rotatable bonds is 3. The highest BCUT2D eigenvalue weighted by atomic mass is 19.4. The van der Waals surface area contributed by atoms with Crippen molar-refractivity contribution in [2.45, 2.75) is 32.1 Å². The molecule has 9 heteroatoms. The molecule has 0 radical (unpaired) electrons. The SMILES string of the molecule is CCNC(=O)[C@H]1Cc2ccccc2CN1C(=O)c1cc(C(F)(F)F)c[nH]c1=O. The highest BCUT2D eigenvalue weighted by molar-refractivity contribution is 5.97.